The van der Waals surface area contributed by atoms with Gasteiger partial charge in [0.05, 0.1) is 0 Å². The molecule has 4 N–H and O–H groups in total. The van der Waals surface area contributed by atoms with Crippen LogP contribution in [-0.2, 0) is 9.63 Å². The highest BCUT2D eigenvalue weighted by atomic mass is 16.7. The summed E-state index contributed by atoms with van der Waals surface area (Å²) >= 11 is 0. The van der Waals surface area contributed by atoms with Gasteiger partial charge in [-0.25, -0.2) is 0 Å². The number of likely N-dealkylation sites (N-methyl/N-ethyl adjacent to an activating group) is 1. The maximum Gasteiger partial charge on any atom is 0.236 e. The van der Waals surface area contributed by atoms with Crippen molar-refractivity contribution in [2.75, 3.05) is 14.1 Å². The summed E-state index contributed by atoms with van der Waals surface area (Å²) in [5, 5.41) is 3.22. The number of carbonyl (C=O) groups is 1. The zero-order valence-corrected chi connectivity index (χ0v) is 6.52. The van der Waals surface area contributed by atoms with Crippen LogP contribution in [-0.4, -0.2) is 37.5 Å². The van der Waals surface area contributed by atoms with Gasteiger partial charge in [-0.05, 0) is 19.3 Å². The topological polar surface area (TPSA) is 93.9 Å². The van der Waals surface area contributed by atoms with Crippen LogP contribution >= 0.6 is 0 Å². The number of carbonyl (C=O) groups excluding carboxylic acids is 1. The Morgan fingerprint density at radius 1 is 1.64 bits per heavy atom. The summed E-state index contributed by atoms with van der Waals surface area (Å²) in [6.07, 6.45) is -0.149. The van der Waals surface area contributed by atoms with E-state index in [-0.39, 0.29) is 5.96 Å². The van der Waals surface area contributed by atoms with Gasteiger partial charge in [0.2, 0.25) is 12.2 Å². The van der Waals surface area contributed by atoms with E-state index in [9.17, 15) is 4.79 Å². The molecule has 0 fully saturated rings. The lowest BCUT2D eigenvalue weighted by molar-refractivity contribution is -0.127. The average molecular weight is 160 g/mol. The minimum absolute atomic E-state index is 0.210. The van der Waals surface area contributed by atoms with Gasteiger partial charge in [0.25, 0.3) is 0 Å². The molecule has 1 unspecified atom stereocenters. The Morgan fingerprint density at radius 2 is 2.18 bits per heavy atom. The van der Waals surface area contributed by atoms with E-state index < -0.39 is 6.23 Å². The number of nitrogens with two attached hydrogens (primary N) is 2. The maximum absolute atomic E-state index is 10.2. The first-order chi connectivity index (χ1) is 5.07. The van der Waals surface area contributed by atoms with E-state index >= 15 is 0 Å². The number of aldehydes is 1. The summed E-state index contributed by atoms with van der Waals surface area (Å²) in [6, 6.07) is 0. The summed E-state index contributed by atoms with van der Waals surface area (Å²) in [6.45, 7) is 0. The van der Waals surface area contributed by atoms with Crippen molar-refractivity contribution in [2.45, 2.75) is 6.23 Å². The maximum atomic E-state index is 10.2. The molecule has 0 aliphatic heterocycles. The van der Waals surface area contributed by atoms with E-state index in [1.165, 1.54) is 4.90 Å². The second-order valence-electron chi connectivity index (χ2n) is 2.11. The standard InChI is InChI=1S/C5H12N4O2/c1-9(2)4(3-10)11-8-5(6)7/h3-4H,1-2H3,(H4,6,7,8). The van der Waals surface area contributed by atoms with Gasteiger partial charge in [-0.3, -0.25) is 9.69 Å². The third-order valence-electron chi connectivity index (χ3n) is 0.891. The van der Waals surface area contributed by atoms with Crippen molar-refractivity contribution in [1.82, 2.24) is 4.90 Å². The highest BCUT2D eigenvalue weighted by Crippen LogP contribution is 1.91. The van der Waals surface area contributed by atoms with Gasteiger partial charge in [-0.15, -0.1) is 0 Å². The highest BCUT2D eigenvalue weighted by molar-refractivity contribution is 5.75. The summed E-state index contributed by atoms with van der Waals surface area (Å²) in [5.74, 6) is -0.210. The Kier molecular flexibility index (Phi) is 3.97. The lowest BCUT2D eigenvalue weighted by Crippen LogP contribution is -2.32. The number of hydrogen-bond acceptors (Lipinski definition) is 4. The van der Waals surface area contributed by atoms with Crippen LogP contribution in [0.25, 0.3) is 0 Å². The molecule has 6 nitrogen and oxygen atoms in total. The van der Waals surface area contributed by atoms with Crippen molar-refractivity contribution >= 4 is 12.2 Å². The van der Waals surface area contributed by atoms with Crippen LogP contribution in [0, 0.1) is 0 Å². The van der Waals surface area contributed by atoms with Crippen LogP contribution in [0.3, 0.4) is 0 Å². The van der Waals surface area contributed by atoms with E-state index in [4.69, 9.17) is 11.5 Å². The monoisotopic (exact) mass is 160 g/mol. The van der Waals surface area contributed by atoms with Crippen LogP contribution < -0.4 is 11.5 Å². The summed E-state index contributed by atoms with van der Waals surface area (Å²) in [7, 11) is 3.34. The lowest BCUT2D eigenvalue weighted by Gasteiger charge is -2.15. The second kappa shape index (κ2) is 4.51. The smallest absolute Gasteiger partial charge is 0.236 e. The van der Waals surface area contributed by atoms with Crippen molar-refractivity contribution in [3.8, 4) is 0 Å². The molecule has 0 saturated heterocycles. The molecule has 0 saturated carbocycles. The normalized spacial score (nSPS) is 12.3. The fourth-order valence-corrected chi connectivity index (χ4v) is 0.356. The van der Waals surface area contributed by atoms with Gasteiger partial charge in [0.1, 0.15) is 0 Å². The van der Waals surface area contributed by atoms with E-state index in [0.29, 0.717) is 6.29 Å². The number of rotatable bonds is 4. The van der Waals surface area contributed by atoms with Crippen LogP contribution in [0.5, 0.6) is 0 Å². The fraction of sp³-hybridized carbons (Fsp3) is 0.600. The van der Waals surface area contributed by atoms with Gasteiger partial charge in [-0.1, -0.05) is 0 Å². The molecule has 0 bridgehead atoms. The Hall–Kier alpha value is -1.30. The Morgan fingerprint density at radius 3 is 2.45 bits per heavy atom. The molecule has 0 aromatic rings. The Bertz CT molecular complexity index is 153. The Balaban J connectivity index is 3.89. The van der Waals surface area contributed by atoms with Crippen LogP contribution in [0.1, 0.15) is 0 Å². The number of oxime groups is 1. The van der Waals surface area contributed by atoms with Crippen molar-refractivity contribution in [2.24, 2.45) is 16.6 Å². The third-order valence-corrected chi connectivity index (χ3v) is 0.891. The number of hydrogen-bond donors (Lipinski definition) is 2. The minimum Gasteiger partial charge on any atom is -0.367 e. The molecule has 64 valence electrons. The van der Waals surface area contributed by atoms with Gasteiger partial charge in [0.15, 0.2) is 6.29 Å². The first-order valence-corrected chi connectivity index (χ1v) is 2.94. The molecule has 0 amide bonds. The van der Waals surface area contributed by atoms with E-state index in [2.05, 4.69) is 9.99 Å². The van der Waals surface area contributed by atoms with E-state index in [1.54, 1.807) is 14.1 Å². The fourth-order valence-electron chi connectivity index (χ4n) is 0.356. The van der Waals surface area contributed by atoms with Crippen molar-refractivity contribution in [3.63, 3.8) is 0 Å². The zero-order valence-electron chi connectivity index (χ0n) is 6.52. The van der Waals surface area contributed by atoms with E-state index in [1.807, 2.05) is 0 Å². The molecule has 0 rings (SSSR count). The molecule has 0 aliphatic carbocycles. The van der Waals surface area contributed by atoms with E-state index in [0.717, 1.165) is 0 Å². The first kappa shape index (κ1) is 9.70. The number of guanidine groups is 1. The van der Waals surface area contributed by atoms with Crippen LogP contribution in [0.15, 0.2) is 5.16 Å². The molecular weight excluding hydrogens is 148 g/mol. The third kappa shape index (κ3) is 4.15. The first-order valence-electron chi connectivity index (χ1n) is 2.94. The van der Waals surface area contributed by atoms with Gasteiger partial charge >= 0.3 is 0 Å². The Labute approximate surface area is 64.8 Å². The van der Waals surface area contributed by atoms with Gasteiger partial charge in [-0.2, -0.15) is 0 Å². The second-order valence-corrected chi connectivity index (χ2v) is 2.11. The molecule has 0 aromatic carbocycles. The predicted molar refractivity (Wildman–Crippen MR) is 40.4 cm³/mol. The molecule has 0 radical (unpaired) electrons. The van der Waals surface area contributed by atoms with Crippen molar-refractivity contribution in [1.29, 1.82) is 0 Å². The highest BCUT2D eigenvalue weighted by Gasteiger charge is 2.09. The molecule has 1 atom stereocenters. The molecule has 6 heteroatoms. The number of nitrogens with zero attached hydrogens (tertiary/aromatic N) is 2. The molecule has 0 heterocycles. The van der Waals surface area contributed by atoms with Crippen LogP contribution in [0.2, 0.25) is 0 Å². The predicted octanol–water partition coefficient (Wildman–Crippen LogP) is -1.72. The molecular formula is C5H12N4O2. The average Bonchev–Trinajstić information content (AvgIpc) is 1.87. The zero-order chi connectivity index (χ0) is 8.85. The van der Waals surface area contributed by atoms with Gasteiger partial charge < -0.3 is 16.3 Å². The summed E-state index contributed by atoms with van der Waals surface area (Å²) in [4.78, 5) is 16.4. The molecule has 0 aliphatic rings. The SMILES string of the molecule is CN(C)C(C=O)ON=C(N)N. The molecule has 0 aromatic heterocycles. The minimum atomic E-state index is -0.739. The largest absolute Gasteiger partial charge is 0.367 e. The summed E-state index contributed by atoms with van der Waals surface area (Å²) in [5.41, 5.74) is 9.93. The van der Waals surface area contributed by atoms with Crippen molar-refractivity contribution in [3.05, 3.63) is 0 Å². The molecule has 11 heavy (non-hydrogen) atoms. The molecule has 0 spiro atoms. The van der Waals surface area contributed by atoms with Crippen molar-refractivity contribution < 1.29 is 9.63 Å². The summed E-state index contributed by atoms with van der Waals surface area (Å²) < 4.78 is 0. The van der Waals surface area contributed by atoms with Gasteiger partial charge in [0, 0.05) is 0 Å². The lowest BCUT2D eigenvalue weighted by atomic mass is 10.6. The quantitative estimate of drug-likeness (QED) is 0.168. The van der Waals surface area contributed by atoms with Crippen LogP contribution in [0.4, 0.5) is 0 Å².